The molecule has 0 aromatic carbocycles. The summed E-state index contributed by atoms with van der Waals surface area (Å²) < 4.78 is 0. The second-order valence-electron chi connectivity index (χ2n) is 4.46. The Morgan fingerprint density at radius 1 is 1.07 bits per heavy atom. The molecule has 1 N–H and O–H groups in total. The molecule has 3 nitrogen and oxygen atoms in total. The first kappa shape index (κ1) is 12.2. The average Bonchev–Trinajstić information content (AvgIpc) is 2.43. The maximum absolute atomic E-state index is 11.5. The van der Waals surface area contributed by atoms with Crippen LogP contribution in [-0.4, -0.2) is 17.7 Å². The number of carbonyl (C=O) groups is 2. The van der Waals surface area contributed by atoms with Crippen molar-refractivity contribution in [3.63, 3.8) is 0 Å². The lowest BCUT2D eigenvalue weighted by Gasteiger charge is -2.15. The Bertz CT molecular complexity index is 218. The van der Waals surface area contributed by atoms with Gasteiger partial charge in [-0.1, -0.05) is 25.7 Å². The molecule has 0 aromatic heterocycles. The van der Waals surface area contributed by atoms with Gasteiger partial charge in [0.25, 0.3) is 0 Å². The minimum Gasteiger partial charge on any atom is -0.353 e. The van der Waals surface area contributed by atoms with Gasteiger partial charge in [-0.2, -0.15) is 0 Å². The van der Waals surface area contributed by atoms with Crippen LogP contribution in [0.25, 0.3) is 0 Å². The van der Waals surface area contributed by atoms with E-state index in [0.29, 0.717) is 18.9 Å². The normalized spacial score (nSPS) is 18.2. The van der Waals surface area contributed by atoms with Crippen LogP contribution in [0.2, 0.25) is 0 Å². The van der Waals surface area contributed by atoms with Gasteiger partial charge in [-0.05, 0) is 19.8 Å². The van der Waals surface area contributed by atoms with E-state index in [1.165, 1.54) is 32.6 Å². The van der Waals surface area contributed by atoms with Crippen molar-refractivity contribution in [1.82, 2.24) is 5.32 Å². The molecule has 0 bridgehead atoms. The predicted octanol–water partition coefficient (Wildman–Crippen LogP) is 2.19. The highest BCUT2D eigenvalue weighted by molar-refractivity contribution is 5.83. The molecule has 0 saturated heterocycles. The molecule has 0 aromatic rings. The van der Waals surface area contributed by atoms with E-state index in [2.05, 4.69) is 5.32 Å². The fourth-order valence-electron chi connectivity index (χ4n) is 2.01. The highest BCUT2D eigenvalue weighted by Crippen LogP contribution is 2.17. The minimum absolute atomic E-state index is 0.0390. The summed E-state index contributed by atoms with van der Waals surface area (Å²) in [6.45, 7) is 1.53. The molecular formula is C12H21NO2. The van der Waals surface area contributed by atoms with Gasteiger partial charge in [0.1, 0.15) is 5.78 Å². The number of nitrogens with one attached hydrogen (secondary N) is 1. The van der Waals surface area contributed by atoms with Crippen LogP contribution < -0.4 is 5.32 Å². The topological polar surface area (TPSA) is 46.2 Å². The van der Waals surface area contributed by atoms with Crippen molar-refractivity contribution in [2.75, 3.05) is 0 Å². The van der Waals surface area contributed by atoms with Crippen LogP contribution in [-0.2, 0) is 9.59 Å². The molecule has 1 aliphatic carbocycles. The standard InChI is InChI=1S/C12H21NO2/c1-10(14)8-9-12(15)13-11-6-4-2-3-5-7-11/h11H,2-9H2,1H3,(H,13,15). The zero-order valence-electron chi connectivity index (χ0n) is 9.55. The van der Waals surface area contributed by atoms with Crippen LogP contribution in [0.15, 0.2) is 0 Å². The Morgan fingerprint density at radius 3 is 2.20 bits per heavy atom. The van der Waals surface area contributed by atoms with E-state index >= 15 is 0 Å². The second kappa shape index (κ2) is 6.59. The van der Waals surface area contributed by atoms with E-state index in [9.17, 15) is 9.59 Å². The number of rotatable bonds is 4. The van der Waals surface area contributed by atoms with Crippen LogP contribution >= 0.6 is 0 Å². The minimum atomic E-state index is 0.0390. The van der Waals surface area contributed by atoms with Crippen LogP contribution in [0.1, 0.15) is 58.3 Å². The molecule has 1 saturated carbocycles. The quantitative estimate of drug-likeness (QED) is 0.724. The van der Waals surface area contributed by atoms with Crippen LogP contribution in [0.4, 0.5) is 0 Å². The molecule has 1 amide bonds. The van der Waals surface area contributed by atoms with Gasteiger partial charge in [0, 0.05) is 18.9 Å². The maximum Gasteiger partial charge on any atom is 0.220 e. The zero-order chi connectivity index (χ0) is 11.1. The highest BCUT2D eigenvalue weighted by Gasteiger charge is 2.14. The molecule has 0 spiro atoms. The molecule has 3 heteroatoms. The van der Waals surface area contributed by atoms with E-state index < -0.39 is 0 Å². The average molecular weight is 211 g/mol. The summed E-state index contributed by atoms with van der Waals surface area (Å²) in [5, 5.41) is 3.02. The Morgan fingerprint density at radius 2 is 1.67 bits per heavy atom. The van der Waals surface area contributed by atoms with Gasteiger partial charge < -0.3 is 10.1 Å². The van der Waals surface area contributed by atoms with Gasteiger partial charge in [-0.15, -0.1) is 0 Å². The van der Waals surface area contributed by atoms with Crippen molar-refractivity contribution < 1.29 is 9.59 Å². The fraction of sp³-hybridized carbons (Fsp3) is 0.833. The van der Waals surface area contributed by atoms with Crippen molar-refractivity contribution >= 4 is 11.7 Å². The molecule has 0 aliphatic heterocycles. The molecule has 86 valence electrons. The summed E-state index contributed by atoms with van der Waals surface area (Å²) in [5.74, 6) is 0.128. The van der Waals surface area contributed by atoms with Crippen molar-refractivity contribution in [3.8, 4) is 0 Å². The Kier molecular flexibility index (Phi) is 5.37. The number of amides is 1. The van der Waals surface area contributed by atoms with E-state index in [-0.39, 0.29) is 11.7 Å². The van der Waals surface area contributed by atoms with E-state index in [1.54, 1.807) is 0 Å². The lowest BCUT2D eigenvalue weighted by atomic mass is 10.1. The van der Waals surface area contributed by atoms with Crippen LogP contribution in [0.5, 0.6) is 0 Å². The molecule has 0 atom stereocenters. The first-order valence-electron chi connectivity index (χ1n) is 5.97. The summed E-state index contributed by atoms with van der Waals surface area (Å²) in [6.07, 6.45) is 7.96. The summed E-state index contributed by atoms with van der Waals surface area (Å²) >= 11 is 0. The second-order valence-corrected chi connectivity index (χ2v) is 4.46. The molecule has 15 heavy (non-hydrogen) atoms. The molecule has 1 aliphatic rings. The largest absolute Gasteiger partial charge is 0.353 e. The molecule has 0 radical (unpaired) electrons. The van der Waals surface area contributed by atoms with Crippen molar-refractivity contribution in [3.05, 3.63) is 0 Å². The van der Waals surface area contributed by atoms with Crippen molar-refractivity contribution in [1.29, 1.82) is 0 Å². The Balaban J connectivity index is 2.20. The van der Waals surface area contributed by atoms with Gasteiger partial charge in [0.05, 0.1) is 0 Å². The summed E-state index contributed by atoms with van der Waals surface area (Å²) in [5.41, 5.74) is 0. The summed E-state index contributed by atoms with van der Waals surface area (Å²) in [4.78, 5) is 22.2. The number of hydrogen-bond donors (Lipinski definition) is 1. The fourth-order valence-corrected chi connectivity index (χ4v) is 2.01. The molecule has 1 fully saturated rings. The number of Topliss-reactive ketones (excluding diaryl/α,β-unsaturated/α-hetero) is 1. The number of hydrogen-bond acceptors (Lipinski definition) is 2. The summed E-state index contributed by atoms with van der Waals surface area (Å²) in [6, 6.07) is 0.354. The lowest BCUT2D eigenvalue weighted by molar-refractivity contribution is -0.125. The van der Waals surface area contributed by atoms with Gasteiger partial charge in [0.2, 0.25) is 5.91 Å². The maximum atomic E-state index is 11.5. The smallest absolute Gasteiger partial charge is 0.220 e. The third-order valence-electron chi connectivity index (χ3n) is 2.92. The monoisotopic (exact) mass is 211 g/mol. The summed E-state index contributed by atoms with van der Waals surface area (Å²) in [7, 11) is 0. The third-order valence-corrected chi connectivity index (χ3v) is 2.92. The molecule has 0 heterocycles. The Hall–Kier alpha value is -0.860. The molecule has 0 unspecified atom stereocenters. The highest BCUT2D eigenvalue weighted by atomic mass is 16.2. The zero-order valence-corrected chi connectivity index (χ0v) is 9.55. The van der Waals surface area contributed by atoms with Crippen molar-refractivity contribution in [2.45, 2.75) is 64.3 Å². The first-order valence-corrected chi connectivity index (χ1v) is 5.97. The van der Waals surface area contributed by atoms with E-state index in [4.69, 9.17) is 0 Å². The first-order chi connectivity index (χ1) is 7.18. The van der Waals surface area contributed by atoms with Crippen molar-refractivity contribution in [2.24, 2.45) is 0 Å². The SMILES string of the molecule is CC(=O)CCC(=O)NC1CCCCCC1. The van der Waals surface area contributed by atoms with Crippen LogP contribution in [0, 0.1) is 0 Å². The van der Waals surface area contributed by atoms with E-state index in [1.807, 2.05) is 0 Å². The predicted molar refractivity (Wildman–Crippen MR) is 59.5 cm³/mol. The molecular weight excluding hydrogens is 190 g/mol. The van der Waals surface area contributed by atoms with E-state index in [0.717, 1.165) is 12.8 Å². The number of ketones is 1. The van der Waals surface area contributed by atoms with Gasteiger partial charge in [-0.25, -0.2) is 0 Å². The van der Waals surface area contributed by atoms with Gasteiger partial charge >= 0.3 is 0 Å². The molecule has 1 rings (SSSR count). The third kappa shape index (κ3) is 5.55. The number of carbonyl (C=O) groups excluding carboxylic acids is 2. The van der Waals surface area contributed by atoms with Gasteiger partial charge in [-0.3, -0.25) is 4.79 Å². The Labute approximate surface area is 91.6 Å². The van der Waals surface area contributed by atoms with Crippen LogP contribution in [0.3, 0.4) is 0 Å². The van der Waals surface area contributed by atoms with Gasteiger partial charge in [0.15, 0.2) is 0 Å². The lowest BCUT2D eigenvalue weighted by Crippen LogP contribution is -2.34.